The van der Waals surface area contributed by atoms with Crippen molar-refractivity contribution in [3.63, 3.8) is 0 Å². The molecule has 0 saturated carbocycles. The largest absolute Gasteiger partial charge is 0.307 e. The molecule has 0 spiro atoms. The van der Waals surface area contributed by atoms with Crippen molar-refractivity contribution in [2.45, 2.75) is 20.4 Å². The molecule has 0 unspecified atom stereocenters. The molecule has 0 radical (unpaired) electrons. The lowest BCUT2D eigenvalue weighted by molar-refractivity contribution is 0.752. The first-order chi connectivity index (χ1) is 6.18. The first-order valence-corrected chi connectivity index (χ1v) is 5.32. The van der Waals surface area contributed by atoms with Crippen molar-refractivity contribution >= 4 is 22.9 Å². The van der Waals surface area contributed by atoms with E-state index in [1.165, 1.54) is 16.9 Å². The SMILES string of the molecule is CC(C)=CCNCc1ncc(Cl)s1. The van der Waals surface area contributed by atoms with Crippen molar-refractivity contribution in [3.05, 3.63) is 27.2 Å². The maximum Gasteiger partial charge on any atom is 0.113 e. The van der Waals surface area contributed by atoms with Gasteiger partial charge < -0.3 is 5.32 Å². The third-order valence-electron chi connectivity index (χ3n) is 1.46. The molecule has 0 fully saturated rings. The maximum atomic E-state index is 5.74. The number of rotatable bonds is 4. The zero-order valence-corrected chi connectivity index (χ0v) is 9.37. The lowest BCUT2D eigenvalue weighted by atomic mass is 10.3. The number of allylic oxidation sites excluding steroid dienone is 1. The summed E-state index contributed by atoms with van der Waals surface area (Å²) in [5.41, 5.74) is 1.32. The van der Waals surface area contributed by atoms with Crippen molar-refractivity contribution in [2.24, 2.45) is 0 Å². The minimum absolute atomic E-state index is 0.749. The number of hydrogen-bond acceptors (Lipinski definition) is 3. The van der Waals surface area contributed by atoms with E-state index in [1.807, 2.05) is 0 Å². The summed E-state index contributed by atoms with van der Waals surface area (Å²) < 4.78 is 0.749. The molecule has 1 aromatic heterocycles. The molecule has 0 aromatic carbocycles. The summed E-state index contributed by atoms with van der Waals surface area (Å²) in [6, 6.07) is 0. The fraction of sp³-hybridized carbons (Fsp3) is 0.444. The van der Waals surface area contributed by atoms with Crippen LogP contribution in [0.1, 0.15) is 18.9 Å². The van der Waals surface area contributed by atoms with Gasteiger partial charge >= 0.3 is 0 Å². The molecular formula is C9H13ClN2S. The minimum Gasteiger partial charge on any atom is -0.307 e. The monoisotopic (exact) mass is 216 g/mol. The summed E-state index contributed by atoms with van der Waals surface area (Å²) >= 11 is 7.26. The molecule has 0 aliphatic carbocycles. The van der Waals surface area contributed by atoms with Crippen molar-refractivity contribution in [1.29, 1.82) is 0 Å². The third-order valence-corrected chi connectivity index (χ3v) is 2.57. The number of aromatic nitrogens is 1. The average molecular weight is 217 g/mol. The predicted molar refractivity (Wildman–Crippen MR) is 58.3 cm³/mol. The summed E-state index contributed by atoms with van der Waals surface area (Å²) in [5.74, 6) is 0. The van der Waals surface area contributed by atoms with Gasteiger partial charge in [-0.05, 0) is 13.8 Å². The molecule has 0 aliphatic heterocycles. The standard InChI is InChI=1S/C9H13ClN2S/c1-7(2)3-4-11-6-9-12-5-8(10)13-9/h3,5,11H,4,6H2,1-2H3. The van der Waals surface area contributed by atoms with Crippen LogP contribution in [0.2, 0.25) is 4.34 Å². The lowest BCUT2D eigenvalue weighted by Crippen LogP contribution is -2.12. The Hall–Kier alpha value is -0.380. The van der Waals surface area contributed by atoms with Crippen LogP contribution in [0.5, 0.6) is 0 Å². The average Bonchev–Trinajstić information content (AvgIpc) is 2.45. The Morgan fingerprint density at radius 3 is 3.00 bits per heavy atom. The van der Waals surface area contributed by atoms with Crippen LogP contribution in [-0.4, -0.2) is 11.5 Å². The fourth-order valence-corrected chi connectivity index (χ4v) is 1.75. The summed E-state index contributed by atoms with van der Waals surface area (Å²) in [5, 5.41) is 4.29. The summed E-state index contributed by atoms with van der Waals surface area (Å²) in [7, 11) is 0. The molecule has 1 N–H and O–H groups in total. The van der Waals surface area contributed by atoms with E-state index < -0.39 is 0 Å². The van der Waals surface area contributed by atoms with Gasteiger partial charge in [-0.3, -0.25) is 0 Å². The van der Waals surface area contributed by atoms with Crippen LogP contribution >= 0.6 is 22.9 Å². The Bertz CT molecular complexity index is 290. The van der Waals surface area contributed by atoms with E-state index in [-0.39, 0.29) is 0 Å². The lowest BCUT2D eigenvalue weighted by Gasteiger charge is -1.97. The zero-order chi connectivity index (χ0) is 9.68. The predicted octanol–water partition coefficient (Wildman–Crippen LogP) is 2.85. The summed E-state index contributed by atoms with van der Waals surface area (Å²) in [6.07, 6.45) is 3.83. The highest BCUT2D eigenvalue weighted by Gasteiger charge is 1.97. The van der Waals surface area contributed by atoms with Crippen LogP contribution in [-0.2, 0) is 6.54 Å². The van der Waals surface area contributed by atoms with E-state index in [0.29, 0.717) is 0 Å². The number of hydrogen-bond donors (Lipinski definition) is 1. The molecule has 4 heteroatoms. The van der Waals surface area contributed by atoms with E-state index in [0.717, 1.165) is 22.4 Å². The normalized spacial score (nSPS) is 10.1. The molecule has 0 saturated heterocycles. The van der Waals surface area contributed by atoms with Crippen molar-refractivity contribution < 1.29 is 0 Å². The molecule has 13 heavy (non-hydrogen) atoms. The Balaban J connectivity index is 2.24. The summed E-state index contributed by atoms with van der Waals surface area (Å²) in [6.45, 7) is 5.85. The van der Waals surface area contributed by atoms with Gasteiger partial charge in [0, 0.05) is 13.1 Å². The second kappa shape index (κ2) is 5.37. The fourth-order valence-electron chi connectivity index (χ4n) is 0.825. The van der Waals surface area contributed by atoms with Crippen LogP contribution in [0, 0.1) is 0 Å². The van der Waals surface area contributed by atoms with Crippen molar-refractivity contribution in [2.75, 3.05) is 6.54 Å². The van der Waals surface area contributed by atoms with Crippen LogP contribution < -0.4 is 5.32 Å². The van der Waals surface area contributed by atoms with Gasteiger partial charge in [0.1, 0.15) is 9.34 Å². The Labute approximate surface area is 87.6 Å². The topological polar surface area (TPSA) is 24.9 Å². The van der Waals surface area contributed by atoms with E-state index in [1.54, 1.807) is 6.20 Å². The smallest absolute Gasteiger partial charge is 0.113 e. The Morgan fingerprint density at radius 2 is 2.46 bits per heavy atom. The quantitative estimate of drug-likeness (QED) is 0.619. The van der Waals surface area contributed by atoms with Gasteiger partial charge in [-0.2, -0.15) is 0 Å². The van der Waals surface area contributed by atoms with Gasteiger partial charge in [0.25, 0.3) is 0 Å². The second-order valence-corrected chi connectivity index (χ2v) is 4.72. The number of nitrogens with one attached hydrogen (secondary N) is 1. The molecular weight excluding hydrogens is 204 g/mol. The minimum atomic E-state index is 0.749. The van der Waals surface area contributed by atoms with Crippen LogP contribution in [0.15, 0.2) is 17.8 Å². The highest BCUT2D eigenvalue weighted by Crippen LogP contribution is 2.17. The first-order valence-electron chi connectivity index (χ1n) is 4.13. The molecule has 2 nitrogen and oxygen atoms in total. The Kier molecular flexibility index (Phi) is 4.42. The molecule has 0 amide bonds. The molecule has 1 heterocycles. The van der Waals surface area contributed by atoms with Gasteiger partial charge in [-0.25, -0.2) is 4.98 Å². The second-order valence-electron chi connectivity index (χ2n) is 2.97. The van der Waals surface area contributed by atoms with Gasteiger partial charge in [0.2, 0.25) is 0 Å². The molecule has 1 rings (SSSR count). The van der Waals surface area contributed by atoms with Gasteiger partial charge in [0.15, 0.2) is 0 Å². The van der Waals surface area contributed by atoms with E-state index in [2.05, 4.69) is 30.2 Å². The van der Waals surface area contributed by atoms with Gasteiger partial charge in [0.05, 0.1) is 6.20 Å². The maximum absolute atomic E-state index is 5.74. The van der Waals surface area contributed by atoms with E-state index in [9.17, 15) is 0 Å². The van der Waals surface area contributed by atoms with Crippen LogP contribution in [0.25, 0.3) is 0 Å². The number of halogens is 1. The molecule has 0 atom stereocenters. The molecule has 72 valence electrons. The highest BCUT2D eigenvalue weighted by atomic mass is 35.5. The summed E-state index contributed by atoms with van der Waals surface area (Å²) in [4.78, 5) is 4.14. The molecule has 0 aliphatic rings. The zero-order valence-electron chi connectivity index (χ0n) is 7.80. The Morgan fingerprint density at radius 1 is 1.69 bits per heavy atom. The van der Waals surface area contributed by atoms with Crippen molar-refractivity contribution in [1.82, 2.24) is 10.3 Å². The highest BCUT2D eigenvalue weighted by molar-refractivity contribution is 7.15. The van der Waals surface area contributed by atoms with Gasteiger partial charge in [-0.15, -0.1) is 11.3 Å². The van der Waals surface area contributed by atoms with Crippen LogP contribution in [0.3, 0.4) is 0 Å². The number of thiazole rings is 1. The number of nitrogens with zero attached hydrogens (tertiary/aromatic N) is 1. The molecule has 1 aromatic rings. The van der Waals surface area contributed by atoms with Crippen LogP contribution in [0.4, 0.5) is 0 Å². The third kappa shape index (κ3) is 4.41. The van der Waals surface area contributed by atoms with Crippen molar-refractivity contribution in [3.8, 4) is 0 Å². The van der Waals surface area contributed by atoms with E-state index in [4.69, 9.17) is 11.6 Å². The molecule has 0 bridgehead atoms. The van der Waals surface area contributed by atoms with E-state index >= 15 is 0 Å². The van der Waals surface area contributed by atoms with Gasteiger partial charge in [-0.1, -0.05) is 23.3 Å². The first kappa shape index (κ1) is 10.7.